The van der Waals surface area contributed by atoms with Crippen LogP contribution in [0.5, 0.6) is 0 Å². The minimum Gasteiger partial charge on any atom is -0.301 e. The maximum Gasteiger partial charge on any atom is 0.0585 e. The van der Waals surface area contributed by atoms with Crippen LogP contribution in [0.2, 0.25) is 24.2 Å². The first-order chi connectivity index (χ1) is 7.76. The average Bonchev–Trinajstić information content (AvgIpc) is 3.08. The van der Waals surface area contributed by atoms with Crippen LogP contribution < -0.4 is 0 Å². The molecule has 0 bridgehead atoms. The summed E-state index contributed by atoms with van der Waals surface area (Å²) in [6.45, 7) is 11.0. The van der Waals surface area contributed by atoms with Gasteiger partial charge >= 0.3 is 0 Å². The Hall–Kier alpha value is -0.0831. The highest BCUT2D eigenvalue weighted by atomic mass is 28.3. The molecule has 0 aromatic rings. The summed E-state index contributed by atoms with van der Waals surface area (Å²) in [4.78, 5) is 2.60. The molecule has 0 N–H and O–H groups in total. The van der Waals surface area contributed by atoms with Gasteiger partial charge in [-0.05, 0) is 25.6 Å². The largest absolute Gasteiger partial charge is 0.301 e. The van der Waals surface area contributed by atoms with Gasteiger partial charge in [0.15, 0.2) is 0 Å². The van der Waals surface area contributed by atoms with E-state index in [0.29, 0.717) is 0 Å². The second kappa shape index (κ2) is 7.28. The standard InChI is InChI=1S/C14H29NSi/c1-4-7-13-16(11-5-2,12-6-3)14-10-15-8-9-15/h4,7H,5-6,8-14H2,1-3H3. The molecule has 0 aromatic heterocycles. The Labute approximate surface area is 103 Å². The molecule has 0 unspecified atom stereocenters. The first-order valence-corrected chi connectivity index (χ1v) is 9.92. The molecule has 1 heterocycles. The summed E-state index contributed by atoms with van der Waals surface area (Å²) in [5.74, 6) is 0. The van der Waals surface area contributed by atoms with E-state index in [1.165, 1.54) is 38.5 Å². The van der Waals surface area contributed by atoms with Crippen molar-refractivity contribution in [1.29, 1.82) is 0 Å². The number of rotatable bonds is 9. The Morgan fingerprint density at radius 3 is 2.12 bits per heavy atom. The van der Waals surface area contributed by atoms with Crippen LogP contribution in [-0.4, -0.2) is 32.6 Å². The fourth-order valence-electron chi connectivity index (χ4n) is 2.80. The predicted octanol–water partition coefficient (Wildman–Crippen LogP) is 4.15. The van der Waals surface area contributed by atoms with E-state index in [0.717, 1.165) is 0 Å². The third kappa shape index (κ3) is 4.83. The van der Waals surface area contributed by atoms with Gasteiger partial charge in [0, 0.05) is 13.1 Å². The van der Waals surface area contributed by atoms with Gasteiger partial charge in [0.05, 0.1) is 8.07 Å². The maximum atomic E-state index is 2.60. The molecular weight excluding hydrogens is 210 g/mol. The van der Waals surface area contributed by atoms with Crippen LogP contribution in [0.3, 0.4) is 0 Å². The zero-order valence-corrected chi connectivity index (χ0v) is 12.5. The lowest BCUT2D eigenvalue weighted by Gasteiger charge is -2.30. The third-order valence-corrected chi connectivity index (χ3v) is 9.35. The predicted molar refractivity (Wildman–Crippen MR) is 76.8 cm³/mol. The summed E-state index contributed by atoms with van der Waals surface area (Å²) >= 11 is 0. The molecule has 1 fully saturated rings. The first kappa shape index (κ1) is 14.0. The molecule has 0 aliphatic carbocycles. The van der Waals surface area contributed by atoms with Gasteiger partial charge in [0.1, 0.15) is 0 Å². The molecule has 1 nitrogen and oxygen atoms in total. The van der Waals surface area contributed by atoms with Crippen LogP contribution in [0.1, 0.15) is 33.6 Å². The van der Waals surface area contributed by atoms with Gasteiger partial charge in [-0.1, -0.05) is 50.9 Å². The topological polar surface area (TPSA) is 3.01 Å². The van der Waals surface area contributed by atoms with Gasteiger partial charge in [-0.25, -0.2) is 0 Å². The molecule has 0 spiro atoms. The number of nitrogens with zero attached hydrogens (tertiary/aromatic N) is 1. The van der Waals surface area contributed by atoms with Gasteiger partial charge in [0.25, 0.3) is 0 Å². The molecule has 0 atom stereocenters. The lowest BCUT2D eigenvalue weighted by atomic mass is 10.6. The maximum absolute atomic E-state index is 2.60. The van der Waals surface area contributed by atoms with Crippen molar-refractivity contribution in [2.75, 3.05) is 19.6 Å². The van der Waals surface area contributed by atoms with Gasteiger partial charge in [-0.3, -0.25) is 0 Å². The zero-order valence-electron chi connectivity index (χ0n) is 11.5. The van der Waals surface area contributed by atoms with E-state index in [2.05, 4.69) is 37.8 Å². The summed E-state index contributed by atoms with van der Waals surface area (Å²) in [6, 6.07) is 6.05. The van der Waals surface area contributed by atoms with Crippen molar-refractivity contribution in [2.45, 2.75) is 57.8 Å². The van der Waals surface area contributed by atoms with Crippen LogP contribution in [0, 0.1) is 0 Å². The molecular formula is C14H29NSi. The number of allylic oxidation sites excluding steroid dienone is 2. The number of hydrogen-bond acceptors (Lipinski definition) is 1. The molecule has 0 aromatic carbocycles. The molecule has 2 heteroatoms. The fraction of sp³-hybridized carbons (Fsp3) is 0.857. The summed E-state index contributed by atoms with van der Waals surface area (Å²) < 4.78 is 0. The normalized spacial score (nSPS) is 17.2. The third-order valence-electron chi connectivity index (χ3n) is 3.85. The molecule has 16 heavy (non-hydrogen) atoms. The van der Waals surface area contributed by atoms with Gasteiger partial charge < -0.3 is 4.90 Å². The van der Waals surface area contributed by atoms with Crippen molar-refractivity contribution in [2.24, 2.45) is 0 Å². The van der Waals surface area contributed by atoms with E-state index >= 15 is 0 Å². The molecule has 0 saturated carbocycles. The Morgan fingerprint density at radius 1 is 1.06 bits per heavy atom. The van der Waals surface area contributed by atoms with Gasteiger partial charge in [-0.15, -0.1) is 0 Å². The van der Waals surface area contributed by atoms with Crippen molar-refractivity contribution in [3.63, 3.8) is 0 Å². The smallest absolute Gasteiger partial charge is 0.0585 e. The quantitative estimate of drug-likeness (QED) is 0.332. The van der Waals surface area contributed by atoms with Crippen molar-refractivity contribution in [1.82, 2.24) is 4.90 Å². The minimum absolute atomic E-state index is 0.968. The fourth-order valence-corrected chi connectivity index (χ4v) is 7.81. The van der Waals surface area contributed by atoms with E-state index in [9.17, 15) is 0 Å². The monoisotopic (exact) mass is 239 g/mol. The zero-order chi connectivity index (χ0) is 11.9. The van der Waals surface area contributed by atoms with Gasteiger partial charge in [-0.2, -0.15) is 0 Å². The highest BCUT2D eigenvalue weighted by Gasteiger charge is 2.31. The van der Waals surface area contributed by atoms with E-state index < -0.39 is 8.07 Å². The molecule has 94 valence electrons. The van der Waals surface area contributed by atoms with E-state index in [1.54, 1.807) is 18.1 Å². The summed E-state index contributed by atoms with van der Waals surface area (Å²) in [6.07, 6.45) is 7.48. The van der Waals surface area contributed by atoms with E-state index in [1.807, 2.05) is 0 Å². The van der Waals surface area contributed by atoms with E-state index in [-0.39, 0.29) is 0 Å². The summed E-state index contributed by atoms with van der Waals surface area (Å²) in [7, 11) is -0.968. The molecule has 1 aliphatic rings. The van der Waals surface area contributed by atoms with E-state index in [4.69, 9.17) is 0 Å². The Morgan fingerprint density at radius 2 is 1.69 bits per heavy atom. The second-order valence-corrected chi connectivity index (χ2v) is 10.3. The average molecular weight is 239 g/mol. The second-order valence-electron chi connectivity index (χ2n) is 5.36. The van der Waals surface area contributed by atoms with Crippen molar-refractivity contribution >= 4 is 8.07 Å². The molecule has 1 saturated heterocycles. The summed E-state index contributed by atoms with van der Waals surface area (Å²) in [5.41, 5.74) is 0. The van der Waals surface area contributed by atoms with Crippen molar-refractivity contribution in [3.05, 3.63) is 12.2 Å². The van der Waals surface area contributed by atoms with Crippen LogP contribution in [0.4, 0.5) is 0 Å². The molecule has 1 rings (SSSR count). The van der Waals surface area contributed by atoms with Crippen LogP contribution in [0.25, 0.3) is 0 Å². The van der Waals surface area contributed by atoms with Crippen molar-refractivity contribution in [3.8, 4) is 0 Å². The lowest BCUT2D eigenvalue weighted by Crippen LogP contribution is -2.35. The molecule has 0 amide bonds. The Bertz CT molecular complexity index is 203. The SMILES string of the molecule is CC=CC[Si](CCC)(CCC)CCN1CC1. The van der Waals surface area contributed by atoms with Gasteiger partial charge in [0.2, 0.25) is 0 Å². The van der Waals surface area contributed by atoms with Crippen LogP contribution in [0.15, 0.2) is 12.2 Å². The molecule has 1 aliphatic heterocycles. The first-order valence-electron chi connectivity index (χ1n) is 7.10. The number of hydrogen-bond donors (Lipinski definition) is 0. The van der Waals surface area contributed by atoms with Crippen molar-refractivity contribution < 1.29 is 0 Å². The lowest BCUT2D eigenvalue weighted by molar-refractivity contribution is 0.587. The summed E-state index contributed by atoms with van der Waals surface area (Å²) in [5, 5.41) is 0. The Kier molecular flexibility index (Phi) is 6.36. The highest BCUT2D eigenvalue weighted by molar-refractivity contribution is 6.80. The van der Waals surface area contributed by atoms with Crippen LogP contribution in [-0.2, 0) is 0 Å². The minimum atomic E-state index is -0.968. The van der Waals surface area contributed by atoms with Crippen LogP contribution >= 0.6 is 0 Å². The molecule has 0 radical (unpaired) electrons. The highest BCUT2D eigenvalue weighted by Crippen LogP contribution is 2.30. The Balaban J connectivity index is 2.50.